The van der Waals surface area contributed by atoms with Gasteiger partial charge in [-0.3, -0.25) is 19.8 Å². The summed E-state index contributed by atoms with van der Waals surface area (Å²) in [5.74, 6) is -0.369. The van der Waals surface area contributed by atoms with E-state index in [-0.39, 0.29) is 20.0 Å². The highest BCUT2D eigenvalue weighted by molar-refractivity contribution is 9.10. The predicted octanol–water partition coefficient (Wildman–Crippen LogP) is 8.24. The molecule has 1 aliphatic heterocycles. The molecule has 0 unspecified atom stereocenters. The second-order valence-electron chi connectivity index (χ2n) is 7.56. The van der Waals surface area contributed by atoms with Gasteiger partial charge in [0, 0.05) is 16.1 Å². The van der Waals surface area contributed by atoms with Crippen LogP contribution in [-0.4, -0.2) is 22.3 Å². The number of thiocarbonyl (C=S) groups is 1. The predicted molar refractivity (Wildman–Crippen MR) is 146 cm³/mol. The van der Waals surface area contributed by atoms with E-state index in [1.807, 2.05) is 0 Å². The molecule has 0 N–H and O–H groups in total. The lowest BCUT2D eigenvalue weighted by Gasteiger charge is -2.15. The van der Waals surface area contributed by atoms with Crippen LogP contribution in [0.25, 0.3) is 6.08 Å². The molecule has 0 aliphatic carbocycles. The second-order valence-corrected chi connectivity index (χ2v) is 10.6. The number of hydrogen-bond donors (Lipinski definition) is 0. The summed E-state index contributed by atoms with van der Waals surface area (Å²) in [4.78, 5) is 25.3. The van der Waals surface area contributed by atoms with Crippen LogP contribution in [0.3, 0.4) is 0 Å². The minimum Gasteiger partial charge on any atom is -0.495 e. The fourth-order valence-electron chi connectivity index (χ4n) is 3.39. The van der Waals surface area contributed by atoms with Crippen LogP contribution in [0.4, 0.5) is 24.5 Å². The van der Waals surface area contributed by atoms with Crippen molar-refractivity contribution >= 4 is 79.2 Å². The highest BCUT2D eigenvalue weighted by Gasteiger charge is 2.35. The Morgan fingerprint density at radius 3 is 2.42 bits per heavy atom. The normalized spacial score (nSPS) is 14.8. The van der Waals surface area contributed by atoms with Crippen LogP contribution in [0.15, 0.2) is 64.0 Å². The fraction of sp³-hybridized carbons (Fsp3) is 0.0833. The molecule has 1 heterocycles. The highest BCUT2D eigenvalue weighted by Crippen LogP contribution is 2.42. The van der Waals surface area contributed by atoms with Gasteiger partial charge in [0.1, 0.15) is 11.5 Å². The lowest BCUT2D eigenvalue weighted by Crippen LogP contribution is -2.27. The van der Waals surface area contributed by atoms with Crippen molar-refractivity contribution in [3.05, 3.63) is 90.2 Å². The SMILES string of the molecule is COc1ccc(N2C(=O)/C(=C\c3cc(Br)ccc3Oc3ccc(C(F)(F)F)cc3[N+](=O)[O-])SC2=S)cc1Cl. The van der Waals surface area contributed by atoms with E-state index in [1.54, 1.807) is 24.3 Å². The summed E-state index contributed by atoms with van der Waals surface area (Å²) in [6.45, 7) is 0. The number of amides is 1. The number of methoxy groups -OCH3 is 1. The van der Waals surface area contributed by atoms with Gasteiger partial charge in [-0.2, -0.15) is 13.2 Å². The van der Waals surface area contributed by atoms with Crippen LogP contribution in [-0.2, 0) is 11.0 Å². The maximum Gasteiger partial charge on any atom is 0.416 e. The first-order chi connectivity index (χ1) is 17.9. The van der Waals surface area contributed by atoms with E-state index in [2.05, 4.69) is 15.9 Å². The number of nitrogens with zero attached hydrogens (tertiary/aromatic N) is 2. The zero-order valence-electron chi connectivity index (χ0n) is 18.9. The number of anilines is 1. The summed E-state index contributed by atoms with van der Waals surface area (Å²) in [7, 11) is 1.46. The third kappa shape index (κ3) is 5.80. The second kappa shape index (κ2) is 10.9. The minimum atomic E-state index is -4.77. The molecule has 0 bridgehead atoms. The van der Waals surface area contributed by atoms with Gasteiger partial charge in [0.15, 0.2) is 4.32 Å². The highest BCUT2D eigenvalue weighted by atomic mass is 79.9. The number of thioether (sulfide) groups is 1. The molecule has 0 aromatic heterocycles. The minimum absolute atomic E-state index is 0.0637. The number of alkyl halides is 3. The fourth-order valence-corrected chi connectivity index (χ4v) is 5.31. The van der Waals surface area contributed by atoms with E-state index in [4.69, 9.17) is 33.3 Å². The molecule has 3 aromatic rings. The summed E-state index contributed by atoms with van der Waals surface area (Å²) in [5.41, 5.74) is -1.30. The third-order valence-corrected chi connectivity index (χ3v) is 7.24. The van der Waals surface area contributed by atoms with E-state index in [0.29, 0.717) is 33.6 Å². The first-order valence-electron chi connectivity index (χ1n) is 10.3. The van der Waals surface area contributed by atoms with E-state index in [9.17, 15) is 28.1 Å². The van der Waals surface area contributed by atoms with Gasteiger partial charge < -0.3 is 9.47 Å². The van der Waals surface area contributed by atoms with Crippen LogP contribution in [0.1, 0.15) is 11.1 Å². The molecule has 14 heteroatoms. The Balaban J connectivity index is 1.70. The summed E-state index contributed by atoms with van der Waals surface area (Å²) < 4.78 is 50.8. The van der Waals surface area contributed by atoms with Gasteiger partial charge in [0.25, 0.3) is 5.91 Å². The van der Waals surface area contributed by atoms with Crippen molar-refractivity contribution in [3.8, 4) is 17.2 Å². The smallest absolute Gasteiger partial charge is 0.416 e. The van der Waals surface area contributed by atoms with Gasteiger partial charge in [-0.1, -0.05) is 51.5 Å². The van der Waals surface area contributed by atoms with Crippen LogP contribution in [0.5, 0.6) is 17.2 Å². The first-order valence-corrected chi connectivity index (χ1v) is 12.7. The summed E-state index contributed by atoms with van der Waals surface area (Å²) in [5, 5.41) is 11.8. The lowest BCUT2D eigenvalue weighted by atomic mass is 10.1. The van der Waals surface area contributed by atoms with Crippen molar-refractivity contribution < 1.29 is 32.4 Å². The van der Waals surface area contributed by atoms with E-state index >= 15 is 0 Å². The average molecular weight is 646 g/mol. The van der Waals surface area contributed by atoms with Gasteiger partial charge in [-0.15, -0.1) is 0 Å². The van der Waals surface area contributed by atoms with Gasteiger partial charge in [-0.25, -0.2) is 0 Å². The molecule has 38 heavy (non-hydrogen) atoms. The Labute approximate surface area is 236 Å². The van der Waals surface area contributed by atoms with Crippen molar-refractivity contribution in [1.82, 2.24) is 0 Å². The Bertz CT molecular complexity index is 1520. The zero-order valence-corrected chi connectivity index (χ0v) is 22.9. The van der Waals surface area contributed by atoms with Gasteiger partial charge in [-0.05, 0) is 54.6 Å². The summed E-state index contributed by atoms with van der Waals surface area (Å²) in [6.07, 6.45) is -3.30. The molecular formula is C24H13BrClF3N2O5S2. The van der Waals surface area contributed by atoms with Gasteiger partial charge in [0.05, 0.1) is 33.2 Å². The molecule has 1 aliphatic rings. The molecule has 0 radical (unpaired) electrons. The average Bonchev–Trinajstić information content (AvgIpc) is 3.12. The molecule has 7 nitrogen and oxygen atoms in total. The molecule has 0 atom stereocenters. The van der Waals surface area contributed by atoms with Crippen LogP contribution >= 0.6 is 51.5 Å². The van der Waals surface area contributed by atoms with E-state index in [1.165, 1.54) is 30.2 Å². The topological polar surface area (TPSA) is 81.9 Å². The molecule has 196 valence electrons. The Kier molecular flexibility index (Phi) is 8.02. The Hall–Kier alpha value is -3.13. The van der Waals surface area contributed by atoms with Crippen molar-refractivity contribution in [1.29, 1.82) is 0 Å². The Morgan fingerprint density at radius 1 is 1.11 bits per heavy atom. The molecule has 4 rings (SSSR count). The van der Waals surface area contributed by atoms with E-state index in [0.717, 1.165) is 17.8 Å². The van der Waals surface area contributed by atoms with Crippen LogP contribution < -0.4 is 14.4 Å². The van der Waals surface area contributed by atoms with Crippen LogP contribution in [0, 0.1) is 10.1 Å². The number of ether oxygens (including phenoxy) is 2. The van der Waals surface area contributed by atoms with Crippen LogP contribution in [0.2, 0.25) is 5.02 Å². The third-order valence-electron chi connectivity index (χ3n) is 5.15. The number of nitro groups is 1. The number of rotatable bonds is 6. The molecule has 0 spiro atoms. The monoisotopic (exact) mass is 644 g/mol. The van der Waals surface area contributed by atoms with Crippen molar-refractivity contribution in [3.63, 3.8) is 0 Å². The number of nitro benzene ring substituents is 1. The van der Waals surface area contributed by atoms with Crippen molar-refractivity contribution in [2.24, 2.45) is 0 Å². The largest absolute Gasteiger partial charge is 0.495 e. The molecule has 1 fully saturated rings. The first kappa shape index (κ1) is 27.9. The summed E-state index contributed by atoms with van der Waals surface area (Å²) >= 11 is 15.9. The quantitative estimate of drug-likeness (QED) is 0.116. The maximum atomic E-state index is 13.2. The molecule has 0 saturated carbocycles. The van der Waals surface area contributed by atoms with Gasteiger partial charge >= 0.3 is 11.9 Å². The molecule has 1 saturated heterocycles. The lowest BCUT2D eigenvalue weighted by molar-refractivity contribution is -0.385. The number of hydrogen-bond acceptors (Lipinski definition) is 7. The van der Waals surface area contributed by atoms with Crippen molar-refractivity contribution in [2.45, 2.75) is 6.18 Å². The maximum absolute atomic E-state index is 13.2. The number of halogens is 5. The molecular weight excluding hydrogens is 633 g/mol. The molecule has 1 amide bonds. The number of carbonyl (C=O) groups is 1. The van der Waals surface area contributed by atoms with Crippen molar-refractivity contribution in [2.75, 3.05) is 12.0 Å². The number of carbonyl (C=O) groups excluding carboxylic acids is 1. The summed E-state index contributed by atoms with van der Waals surface area (Å²) in [6, 6.07) is 11.3. The standard InChI is InChI=1S/C24H13BrClF3N2O5S2/c1-35-19-7-4-15(11-16(19)26)30-22(32)21(38-23(30)37)9-12-8-14(25)3-6-18(12)36-20-5-2-13(24(27,28)29)10-17(20)31(33)34/h2-11H,1H3/b21-9+. The Morgan fingerprint density at radius 2 is 1.79 bits per heavy atom. The number of benzene rings is 3. The zero-order chi connectivity index (χ0) is 27.8. The van der Waals surface area contributed by atoms with E-state index < -0.39 is 34.0 Å². The molecule has 3 aromatic carbocycles. The van der Waals surface area contributed by atoms with Gasteiger partial charge in [0.2, 0.25) is 5.75 Å².